The summed E-state index contributed by atoms with van der Waals surface area (Å²) in [6, 6.07) is -0.270. The summed E-state index contributed by atoms with van der Waals surface area (Å²) in [6.45, 7) is 9.87. The summed E-state index contributed by atoms with van der Waals surface area (Å²) < 4.78 is 0. The van der Waals surface area contributed by atoms with Crippen LogP contribution in [0.4, 0.5) is 0 Å². The van der Waals surface area contributed by atoms with Crippen LogP contribution >= 0.6 is 0 Å². The summed E-state index contributed by atoms with van der Waals surface area (Å²) in [4.78, 5) is 16.0. The number of nitrogens with zero attached hydrogens (tertiary/aromatic N) is 2. The van der Waals surface area contributed by atoms with Crippen LogP contribution in [0.2, 0.25) is 0 Å². The zero-order chi connectivity index (χ0) is 15.2. The zero-order valence-corrected chi connectivity index (χ0v) is 13.8. The van der Waals surface area contributed by atoms with Crippen LogP contribution in [0.25, 0.3) is 0 Å². The van der Waals surface area contributed by atoms with Crippen LogP contribution in [0.1, 0.15) is 52.4 Å². The van der Waals surface area contributed by atoms with Crippen molar-refractivity contribution in [1.82, 2.24) is 9.80 Å². The van der Waals surface area contributed by atoms with E-state index in [9.17, 15) is 9.90 Å². The topological polar surface area (TPSA) is 43.8 Å². The first kappa shape index (κ1) is 16.8. The molecule has 4 nitrogen and oxygen atoms in total. The van der Waals surface area contributed by atoms with E-state index in [-0.39, 0.29) is 6.04 Å². The van der Waals surface area contributed by atoms with Crippen LogP contribution in [-0.2, 0) is 4.79 Å². The maximum Gasteiger partial charge on any atom is 0.320 e. The van der Waals surface area contributed by atoms with E-state index in [2.05, 4.69) is 16.7 Å². The standard InChI is InChI=1S/C17H32N2O2/c1-3-16(17(20)21)19-11-8-14(9-12-19)7-10-18(4-2)13-15-5-6-15/h14-16H,3-13H2,1-2H3,(H,20,21). The molecule has 0 aromatic rings. The lowest BCUT2D eigenvalue weighted by molar-refractivity contribution is -0.144. The van der Waals surface area contributed by atoms with Crippen LogP contribution in [0.15, 0.2) is 0 Å². The van der Waals surface area contributed by atoms with Crippen molar-refractivity contribution in [3.8, 4) is 0 Å². The van der Waals surface area contributed by atoms with Gasteiger partial charge in [-0.2, -0.15) is 0 Å². The van der Waals surface area contributed by atoms with Gasteiger partial charge in [-0.15, -0.1) is 0 Å². The molecule has 1 saturated carbocycles. The van der Waals surface area contributed by atoms with Crippen molar-refractivity contribution in [2.24, 2.45) is 11.8 Å². The van der Waals surface area contributed by atoms with E-state index in [1.165, 1.54) is 51.7 Å². The van der Waals surface area contributed by atoms with Gasteiger partial charge in [-0.3, -0.25) is 9.69 Å². The predicted octanol–water partition coefficient (Wildman–Crippen LogP) is 2.68. The number of aliphatic carboxylic acids is 1. The maximum atomic E-state index is 11.2. The molecule has 2 aliphatic rings. The predicted molar refractivity (Wildman–Crippen MR) is 85.5 cm³/mol. The molecule has 21 heavy (non-hydrogen) atoms. The molecule has 1 saturated heterocycles. The van der Waals surface area contributed by atoms with E-state index in [4.69, 9.17) is 0 Å². The first-order chi connectivity index (χ1) is 10.1. The van der Waals surface area contributed by atoms with E-state index in [1.807, 2.05) is 6.92 Å². The Labute approximate surface area is 129 Å². The highest BCUT2D eigenvalue weighted by atomic mass is 16.4. The number of likely N-dealkylation sites (tertiary alicyclic amines) is 1. The highest BCUT2D eigenvalue weighted by molar-refractivity contribution is 5.73. The SMILES string of the molecule is CCC(C(=O)O)N1CCC(CCN(CC)CC2CC2)CC1. The summed E-state index contributed by atoms with van der Waals surface area (Å²) >= 11 is 0. The van der Waals surface area contributed by atoms with Crippen molar-refractivity contribution >= 4 is 5.97 Å². The van der Waals surface area contributed by atoms with Crippen LogP contribution in [0.5, 0.6) is 0 Å². The van der Waals surface area contributed by atoms with Gasteiger partial charge in [0.2, 0.25) is 0 Å². The molecule has 0 radical (unpaired) electrons. The minimum Gasteiger partial charge on any atom is -0.480 e. The molecule has 0 aromatic heterocycles. The molecule has 1 aliphatic heterocycles. The molecule has 4 heteroatoms. The summed E-state index contributed by atoms with van der Waals surface area (Å²) in [7, 11) is 0. The van der Waals surface area contributed by atoms with Crippen molar-refractivity contribution in [2.45, 2.75) is 58.4 Å². The van der Waals surface area contributed by atoms with E-state index in [1.54, 1.807) is 0 Å². The Balaban J connectivity index is 1.67. The second-order valence-electron chi connectivity index (χ2n) is 6.87. The average Bonchev–Trinajstić information content (AvgIpc) is 3.29. The summed E-state index contributed by atoms with van der Waals surface area (Å²) in [5, 5.41) is 9.24. The lowest BCUT2D eigenvalue weighted by atomic mass is 9.92. The molecule has 1 unspecified atom stereocenters. The number of rotatable bonds is 9. The Morgan fingerprint density at radius 2 is 1.86 bits per heavy atom. The molecule has 2 fully saturated rings. The molecule has 2 rings (SSSR count). The highest BCUT2D eigenvalue weighted by Gasteiger charge is 2.29. The van der Waals surface area contributed by atoms with Gasteiger partial charge in [0.25, 0.3) is 0 Å². The molecular weight excluding hydrogens is 264 g/mol. The number of carboxylic acids is 1. The van der Waals surface area contributed by atoms with E-state index in [0.717, 1.165) is 24.9 Å². The number of hydrogen-bond acceptors (Lipinski definition) is 3. The van der Waals surface area contributed by atoms with Gasteiger partial charge in [0.05, 0.1) is 0 Å². The first-order valence-electron chi connectivity index (χ1n) is 8.83. The minimum atomic E-state index is -0.655. The molecular formula is C17H32N2O2. The van der Waals surface area contributed by atoms with E-state index in [0.29, 0.717) is 6.42 Å². The number of carboxylic acid groups (broad SMARTS) is 1. The Morgan fingerprint density at radius 1 is 1.19 bits per heavy atom. The van der Waals surface area contributed by atoms with E-state index < -0.39 is 5.97 Å². The third kappa shape index (κ3) is 5.26. The molecule has 0 bridgehead atoms. The molecule has 0 amide bonds. The van der Waals surface area contributed by atoms with Crippen molar-refractivity contribution in [3.63, 3.8) is 0 Å². The van der Waals surface area contributed by atoms with Gasteiger partial charge >= 0.3 is 5.97 Å². The molecule has 0 spiro atoms. The molecule has 1 heterocycles. The maximum absolute atomic E-state index is 11.2. The molecule has 1 aliphatic carbocycles. The second kappa shape index (κ2) is 8.14. The van der Waals surface area contributed by atoms with Gasteiger partial charge in [-0.1, -0.05) is 13.8 Å². The number of hydrogen-bond donors (Lipinski definition) is 1. The van der Waals surface area contributed by atoms with Crippen molar-refractivity contribution in [2.75, 3.05) is 32.7 Å². The van der Waals surface area contributed by atoms with Crippen LogP contribution in [0.3, 0.4) is 0 Å². The minimum absolute atomic E-state index is 0.270. The largest absolute Gasteiger partial charge is 0.480 e. The Bertz CT molecular complexity index is 323. The summed E-state index contributed by atoms with van der Waals surface area (Å²) in [6.07, 6.45) is 7.21. The number of piperidine rings is 1. The molecule has 0 aromatic carbocycles. The van der Waals surface area contributed by atoms with Gasteiger partial charge in [0, 0.05) is 6.54 Å². The third-order valence-electron chi connectivity index (χ3n) is 5.28. The Hall–Kier alpha value is -0.610. The Kier molecular flexibility index (Phi) is 6.49. The molecule has 122 valence electrons. The fourth-order valence-corrected chi connectivity index (χ4v) is 3.55. The number of carbonyl (C=O) groups is 1. The summed E-state index contributed by atoms with van der Waals surface area (Å²) in [5.41, 5.74) is 0. The smallest absolute Gasteiger partial charge is 0.320 e. The average molecular weight is 296 g/mol. The Morgan fingerprint density at radius 3 is 2.33 bits per heavy atom. The lowest BCUT2D eigenvalue weighted by Gasteiger charge is -2.36. The van der Waals surface area contributed by atoms with Gasteiger partial charge < -0.3 is 10.0 Å². The molecule has 1 N–H and O–H groups in total. The quantitative estimate of drug-likeness (QED) is 0.710. The monoisotopic (exact) mass is 296 g/mol. The molecule has 1 atom stereocenters. The van der Waals surface area contributed by atoms with Gasteiger partial charge in [0.1, 0.15) is 6.04 Å². The van der Waals surface area contributed by atoms with Gasteiger partial charge in [0.15, 0.2) is 0 Å². The second-order valence-corrected chi connectivity index (χ2v) is 6.87. The van der Waals surface area contributed by atoms with Crippen LogP contribution in [-0.4, -0.2) is 59.6 Å². The fraction of sp³-hybridized carbons (Fsp3) is 0.941. The zero-order valence-electron chi connectivity index (χ0n) is 13.8. The normalized spacial score (nSPS) is 22.6. The van der Waals surface area contributed by atoms with Crippen molar-refractivity contribution in [3.05, 3.63) is 0 Å². The van der Waals surface area contributed by atoms with Crippen LogP contribution in [0, 0.1) is 11.8 Å². The van der Waals surface area contributed by atoms with E-state index >= 15 is 0 Å². The lowest BCUT2D eigenvalue weighted by Crippen LogP contribution is -2.45. The fourth-order valence-electron chi connectivity index (χ4n) is 3.55. The third-order valence-corrected chi connectivity index (χ3v) is 5.28. The summed E-state index contributed by atoms with van der Waals surface area (Å²) in [5.74, 6) is 1.12. The van der Waals surface area contributed by atoms with Crippen molar-refractivity contribution < 1.29 is 9.90 Å². The highest BCUT2D eigenvalue weighted by Crippen LogP contribution is 2.30. The first-order valence-corrected chi connectivity index (χ1v) is 8.83. The van der Waals surface area contributed by atoms with Gasteiger partial charge in [-0.25, -0.2) is 0 Å². The van der Waals surface area contributed by atoms with Crippen LogP contribution < -0.4 is 0 Å². The van der Waals surface area contributed by atoms with Gasteiger partial charge in [-0.05, 0) is 76.5 Å². The van der Waals surface area contributed by atoms with Crippen molar-refractivity contribution in [1.29, 1.82) is 0 Å².